The van der Waals surface area contributed by atoms with Gasteiger partial charge in [-0.25, -0.2) is 4.39 Å². The summed E-state index contributed by atoms with van der Waals surface area (Å²) in [6, 6.07) is 1.86. The molecule has 0 amide bonds. The summed E-state index contributed by atoms with van der Waals surface area (Å²) in [7, 11) is 0. The van der Waals surface area contributed by atoms with E-state index in [9.17, 15) is 27.7 Å². The molecule has 0 unspecified atom stereocenters. The first kappa shape index (κ1) is 12.4. The number of halogens is 4. The summed E-state index contributed by atoms with van der Waals surface area (Å²) in [6.07, 6.45) is -4.93. The average Bonchev–Trinajstić information content (AvgIpc) is 2.14. The molecule has 1 aromatic carbocycles. The summed E-state index contributed by atoms with van der Waals surface area (Å²) in [5, 5.41) is 10.0. The van der Waals surface area contributed by atoms with Crippen molar-refractivity contribution in [3.63, 3.8) is 0 Å². The zero-order valence-corrected chi connectivity index (χ0v) is 7.92. The Labute approximate surface area is 87.8 Å². The van der Waals surface area contributed by atoms with Crippen molar-refractivity contribution in [3.05, 3.63) is 45.3 Å². The van der Waals surface area contributed by atoms with Crippen LogP contribution in [0.25, 0.3) is 0 Å². The zero-order valence-electron chi connectivity index (χ0n) is 7.92. The standard InChI is InChI=1S/C9H7F4NO2/c10-8-2-1-7(9(11,12)13)5-6(8)3-4-14(15)16/h1-2,5H,3-4H2. The van der Waals surface area contributed by atoms with Gasteiger partial charge in [-0.15, -0.1) is 0 Å². The van der Waals surface area contributed by atoms with Crippen molar-refractivity contribution in [2.24, 2.45) is 0 Å². The van der Waals surface area contributed by atoms with Gasteiger partial charge in [-0.2, -0.15) is 13.2 Å². The summed E-state index contributed by atoms with van der Waals surface area (Å²) in [5.74, 6) is -0.866. The van der Waals surface area contributed by atoms with Gasteiger partial charge >= 0.3 is 6.18 Å². The predicted octanol–water partition coefficient (Wildman–Crippen LogP) is 2.66. The largest absolute Gasteiger partial charge is 0.416 e. The fourth-order valence-corrected chi connectivity index (χ4v) is 1.15. The highest BCUT2D eigenvalue weighted by Gasteiger charge is 2.31. The van der Waals surface area contributed by atoms with Crippen LogP contribution >= 0.6 is 0 Å². The SMILES string of the molecule is O=[N+]([O-])CCc1cc(C(F)(F)F)ccc1F. The molecular weight excluding hydrogens is 230 g/mol. The Hall–Kier alpha value is -1.66. The molecular formula is C9H7F4NO2. The third kappa shape index (κ3) is 3.18. The topological polar surface area (TPSA) is 43.1 Å². The van der Waals surface area contributed by atoms with Gasteiger partial charge in [-0.05, 0) is 23.8 Å². The van der Waals surface area contributed by atoms with Crippen LogP contribution in [-0.2, 0) is 12.6 Å². The predicted molar refractivity (Wildman–Crippen MR) is 47.0 cm³/mol. The summed E-state index contributed by atoms with van der Waals surface area (Å²) >= 11 is 0. The fourth-order valence-electron chi connectivity index (χ4n) is 1.15. The Morgan fingerprint density at radius 3 is 2.44 bits per heavy atom. The Morgan fingerprint density at radius 1 is 1.31 bits per heavy atom. The van der Waals surface area contributed by atoms with Crippen LogP contribution in [0.4, 0.5) is 17.6 Å². The van der Waals surface area contributed by atoms with E-state index in [-0.39, 0.29) is 12.0 Å². The third-order valence-corrected chi connectivity index (χ3v) is 1.94. The van der Waals surface area contributed by atoms with E-state index in [1.807, 2.05) is 0 Å². The van der Waals surface area contributed by atoms with E-state index >= 15 is 0 Å². The summed E-state index contributed by atoms with van der Waals surface area (Å²) < 4.78 is 49.7. The van der Waals surface area contributed by atoms with Crippen molar-refractivity contribution >= 4 is 0 Å². The van der Waals surface area contributed by atoms with E-state index in [0.717, 1.165) is 0 Å². The zero-order chi connectivity index (χ0) is 12.3. The summed E-state index contributed by atoms with van der Waals surface area (Å²) in [6.45, 7) is -0.599. The minimum Gasteiger partial charge on any atom is -0.265 e. The highest BCUT2D eigenvalue weighted by atomic mass is 19.4. The second kappa shape index (κ2) is 4.46. The van der Waals surface area contributed by atoms with Crippen molar-refractivity contribution in [1.82, 2.24) is 0 Å². The molecule has 0 aromatic heterocycles. The van der Waals surface area contributed by atoms with Gasteiger partial charge < -0.3 is 0 Å². The molecule has 0 aliphatic carbocycles. The van der Waals surface area contributed by atoms with Crippen molar-refractivity contribution < 1.29 is 22.5 Å². The van der Waals surface area contributed by atoms with Crippen LogP contribution < -0.4 is 0 Å². The Morgan fingerprint density at radius 2 is 1.94 bits per heavy atom. The van der Waals surface area contributed by atoms with Gasteiger partial charge in [0, 0.05) is 11.3 Å². The molecule has 0 saturated heterocycles. The number of benzene rings is 1. The monoisotopic (exact) mass is 237 g/mol. The second-order valence-corrected chi connectivity index (χ2v) is 3.11. The first-order chi connectivity index (χ1) is 7.30. The molecule has 16 heavy (non-hydrogen) atoms. The van der Waals surface area contributed by atoms with E-state index in [0.29, 0.717) is 18.2 Å². The van der Waals surface area contributed by atoms with Crippen molar-refractivity contribution in [1.29, 1.82) is 0 Å². The molecule has 0 bridgehead atoms. The second-order valence-electron chi connectivity index (χ2n) is 3.11. The van der Waals surface area contributed by atoms with E-state index in [2.05, 4.69) is 0 Å². The quantitative estimate of drug-likeness (QED) is 0.460. The molecule has 0 saturated carbocycles. The molecule has 7 heteroatoms. The number of hydrogen-bond acceptors (Lipinski definition) is 2. The van der Waals surface area contributed by atoms with Gasteiger partial charge in [0.15, 0.2) is 0 Å². The molecule has 0 heterocycles. The fraction of sp³-hybridized carbons (Fsp3) is 0.333. The summed E-state index contributed by atoms with van der Waals surface area (Å²) in [4.78, 5) is 9.32. The lowest BCUT2D eigenvalue weighted by Crippen LogP contribution is -2.09. The van der Waals surface area contributed by atoms with Crippen LogP contribution in [0, 0.1) is 15.9 Å². The maximum Gasteiger partial charge on any atom is 0.416 e. The Balaban J connectivity index is 2.95. The van der Waals surface area contributed by atoms with E-state index in [1.54, 1.807) is 0 Å². The van der Waals surface area contributed by atoms with Gasteiger partial charge in [0.1, 0.15) is 5.82 Å². The van der Waals surface area contributed by atoms with E-state index < -0.39 is 29.0 Å². The normalized spacial score (nSPS) is 11.5. The number of nitrogens with zero attached hydrogens (tertiary/aromatic N) is 1. The number of rotatable bonds is 3. The maximum absolute atomic E-state index is 13.0. The summed E-state index contributed by atoms with van der Waals surface area (Å²) in [5.41, 5.74) is -1.31. The minimum atomic E-state index is -4.57. The van der Waals surface area contributed by atoms with Gasteiger partial charge in [0.25, 0.3) is 0 Å². The van der Waals surface area contributed by atoms with Crippen LogP contribution in [-0.4, -0.2) is 11.5 Å². The lowest BCUT2D eigenvalue weighted by molar-refractivity contribution is -0.479. The molecule has 0 atom stereocenters. The Bertz CT molecular complexity index is 403. The molecule has 0 aliphatic rings. The van der Waals surface area contributed by atoms with Crippen LogP contribution in [0.15, 0.2) is 18.2 Å². The molecule has 0 radical (unpaired) electrons. The Kier molecular flexibility index (Phi) is 3.46. The van der Waals surface area contributed by atoms with Crippen molar-refractivity contribution in [2.45, 2.75) is 12.6 Å². The van der Waals surface area contributed by atoms with Crippen molar-refractivity contribution in [3.8, 4) is 0 Å². The maximum atomic E-state index is 13.0. The van der Waals surface area contributed by atoms with Gasteiger partial charge in [0.05, 0.1) is 5.56 Å². The van der Waals surface area contributed by atoms with Crippen LogP contribution in [0.1, 0.15) is 11.1 Å². The molecule has 88 valence electrons. The van der Waals surface area contributed by atoms with Crippen LogP contribution in [0.5, 0.6) is 0 Å². The third-order valence-electron chi connectivity index (χ3n) is 1.94. The van der Waals surface area contributed by atoms with E-state index in [1.165, 1.54) is 0 Å². The molecule has 3 nitrogen and oxygen atoms in total. The van der Waals surface area contributed by atoms with Gasteiger partial charge in [0.2, 0.25) is 6.54 Å². The average molecular weight is 237 g/mol. The van der Waals surface area contributed by atoms with E-state index in [4.69, 9.17) is 0 Å². The number of hydrogen-bond donors (Lipinski definition) is 0. The molecule has 0 aliphatic heterocycles. The minimum absolute atomic E-state index is 0.300. The first-order valence-corrected chi connectivity index (χ1v) is 4.28. The number of alkyl halides is 3. The van der Waals surface area contributed by atoms with Crippen LogP contribution in [0.2, 0.25) is 0 Å². The highest BCUT2D eigenvalue weighted by Crippen LogP contribution is 2.30. The highest BCUT2D eigenvalue weighted by molar-refractivity contribution is 5.27. The smallest absolute Gasteiger partial charge is 0.265 e. The first-order valence-electron chi connectivity index (χ1n) is 4.28. The van der Waals surface area contributed by atoms with Gasteiger partial charge in [-0.3, -0.25) is 10.1 Å². The lowest BCUT2D eigenvalue weighted by atomic mass is 10.1. The number of nitro groups is 1. The van der Waals surface area contributed by atoms with Crippen molar-refractivity contribution in [2.75, 3.05) is 6.54 Å². The lowest BCUT2D eigenvalue weighted by Gasteiger charge is -2.08. The molecule has 0 N–H and O–H groups in total. The van der Waals surface area contributed by atoms with Gasteiger partial charge in [-0.1, -0.05) is 0 Å². The molecule has 1 aromatic rings. The molecule has 1 rings (SSSR count). The molecule has 0 spiro atoms. The van der Waals surface area contributed by atoms with Crippen LogP contribution in [0.3, 0.4) is 0 Å². The molecule has 0 fully saturated rings.